The number of carbonyl (C=O) groups is 1. The van der Waals surface area contributed by atoms with E-state index in [9.17, 15) is 4.79 Å². The van der Waals surface area contributed by atoms with Crippen molar-refractivity contribution in [3.05, 3.63) is 48.6 Å². The molecule has 124 valence electrons. The molecular formula is C20H32O2. The molecule has 0 heterocycles. The largest absolute Gasteiger partial charge is 0.481 e. The third-order valence-corrected chi connectivity index (χ3v) is 3.23. The first kappa shape index (κ1) is 20.4. The van der Waals surface area contributed by atoms with E-state index in [0.29, 0.717) is 6.42 Å². The summed E-state index contributed by atoms with van der Waals surface area (Å²) in [5.74, 6) is -0.682. The molecule has 0 aliphatic rings. The molecule has 2 nitrogen and oxygen atoms in total. The second-order valence-electron chi connectivity index (χ2n) is 5.35. The average molecular weight is 304 g/mol. The van der Waals surface area contributed by atoms with E-state index in [1.807, 2.05) is 0 Å². The van der Waals surface area contributed by atoms with Gasteiger partial charge in [-0.15, -0.1) is 0 Å². The summed E-state index contributed by atoms with van der Waals surface area (Å²) >= 11 is 0. The molecule has 1 N–H and O–H groups in total. The van der Waals surface area contributed by atoms with Crippen molar-refractivity contribution in [2.75, 3.05) is 0 Å². The molecule has 0 radical (unpaired) electrons. The number of carboxylic acid groups (broad SMARTS) is 1. The molecule has 0 atom stereocenters. The Balaban J connectivity index is 3.34. The molecule has 0 aromatic carbocycles. The molecular weight excluding hydrogens is 272 g/mol. The molecule has 2 heteroatoms. The third kappa shape index (κ3) is 18.4. The van der Waals surface area contributed by atoms with E-state index in [4.69, 9.17) is 5.11 Å². The highest BCUT2D eigenvalue weighted by Gasteiger charge is 1.95. The van der Waals surface area contributed by atoms with Crippen LogP contribution >= 0.6 is 0 Å². The Morgan fingerprint density at radius 1 is 0.727 bits per heavy atom. The molecule has 0 fully saturated rings. The smallest absolute Gasteiger partial charge is 0.303 e. The Morgan fingerprint density at radius 3 is 1.77 bits per heavy atom. The molecule has 0 saturated heterocycles. The molecule has 0 saturated carbocycles. The minimum atomic E-state index is -0.682. The highest BCUT2D eigenvalue weighted by atomic mass is 16.4. The Hall–Kier alpha value is -1.57. The molecule has 0 aliphatic carbocycles. The molecule has 0 aliphatic heterocycles. The monoisotopic (exact) mass is 304 g/mol. The lowest BCUT2D eigenvalue weighted by Crippen LogP contribution is -1.93. The quantitative estimate of drug-likeness (QED) is 0.305. The zero-order valence-electron chi connectivity index (χ0n) is 14.0. The van der Waals surface area contributed by atoms with Crippen LogP contribution in [-0.2, 0) is 4.79 Å². The summed E-state index contributed by atoms with van der Waals surface area (Å²) in [6, 6.07) is 0. The highest BCUT2D eigenvalue weighted by molar-refractivity contribution is 5.66. The van der Waals surface area contributed by atoms with Gasteiger partial charge in [-0.3, -0.25) is 4.79 Å². The number of hydrogen-bond acceptors (Lipinski definition) is 1. The summed E-state index contributed by atoms with van der Waals surface area (Å²) in [6.07, 6.45) is 27.4. The minimum Gasteiger partial charge on any atom is -0.481 e. The van der Waals surface area contributed by atoms with E-state index in [2.05, 4.69) is 55.5 Å². The molecule has 0 rings (SSSR count). The van der Waals surface area contributed by atoms with Gasteiger partial charge in [0.15, 0.2) is 0 Å². The summed E-state index contributed by atoms with van der Waals surface area (Å²) in [6.45, 7) is 2.15. The summed E-state index contributed by atoms with van der Waals surface area (Å²) in [4.78, 5) is 10.3. The topological polar surface area (TPSA) is 37.3 Å². The number of rotatable bonds is 14. The van der Waals surface area contributed by atoms with Crippen LogP contribution in [0.3, 0.4) is 0 Å². The fourth-order valence-corrected chi connectivity index (χ4v) is 1.99. The fourth-order valence-electron chi connectivity index (χ4n) is 1.99. The van der Waals surface area contributed by atoms with Crippen LogP contribution in [0.5, 0.6) is 0 Å². The van der Waals surface area contributed by atoms with Crippen LogP contribution in [0.4, 0.5) is 0 Å². The van der Waals surface area contributed by atoms with Crippen molar-refractivity contribution in [1.82, 2.24) is 0 Å². The van der Waals surface area contributed by atoms with Gasteiger partial charge in [0, 0.05) is 6.42 Å². The lowest BCUT2D eigenvalue weighted by Gasteiger charge is -1.96. The molecule has 0 amide bonds. The van der Waals surface area contributed by atoms with Gasteiger partial charge in [-0.1, -0.05) is 68.4 Å². The van der Waals surface area contributed by atoms with Gasteiger partial charge in [0.25, 0.3) is 0 Å². The van der Waals surface area contributed by atoms with E-state index in [-0.39, 0.29) is 0 Å². The molecule has 0 aromatic heterocycles. The third-order valence-electron chi connectivity index (χ3n) is 3.23. The van der Waals surface area contributed by atoms with E-state index in [1.165, 1.54) is 0 Å². The van der Waals surface area contributed by atoms with Crippen molar-refractivity contribution < 1.29 is 9.90 Å². The van der Waals surface area contributed by atoms with E-state index in [1.54, 1.807) is 0 Å². The fraction of sp³-hybridized carbons (Fsp3) is 0.550. The van der Waals surface area contributed by atoms with Gasteiger partial charge >= 0.3 is 5.97 Å². The first-order valence-electron chi connectivity index (χ1n) is 8.59. The number of carboxylic acids is 1. The van der Waals surface area contributed by atoms with Crippen LogP contribution in [0.1, 0.15) is 71.1 Å². The average Bonchev–Trinajstić information content (AvgIpc) is 2.50. The zero-order chi connectivity index (χ0) is 16.3. The van der Waals surface area contributed by atoms with Gasteiger partial charge in [-0.2, -0.15) is 0 Å². The Bertz CT molecular complexity index is 362. The summed E-state index contributed by atoms with van der Waals surface area (Å²) < 4.78 is 0. The molecule has 22 heavy (non-hydrogen) atoms. The SMILES string of the molecule is CC/C=C/C/C=C/C/C=C/C/C=C/CCCCCCC(=O)O. The minimum absolute atomic E-state index is 0.309. The number of aliphatic carboxylic acids is 1. The Morgan fingerprint density at radius 2 is 1.23 bits per heavy atom. The Kier molecular flexibility index (Phi) is 16.2. The van der Waals surface area contributed by atoms with E-state index < -0.39 is 5.97 Å². The van der Waals surface area contributed by atoms with E-state index in [0.717, 1.165) is 57.8 Å². The van der Waals surface area contributed by atoms with Crippen LogP contribution in [0.15, 0.2) is 48.6 Å². The molecule has 0 unspecified atom stereocenters. The summed E-state index contributed by atoms with van der Waals surface area (Å²) in [5.41, 5.74) is 0. The number of hydrogen-bond donors (Lipinski definition) is 1. The van der Waals surface area contributed by atoms with Crippen molar-refractivity contribution in [3.8, 4) is 0 Å². The lowest BCUT2D eigenvalue weighted by molar-refractivity contribution is -0.137. The lowest BCUT2D eigenvalue weighted by atomic mass is 10.1. The molecule has 0 spiro atoms. The maximum Gasteiger partial charge on any atom is 0.303 e. The first-order chi connectivity index (χ1) is 10.8. The molecule has 0 bridgehead atoms. The number of allylic oxidation sites excluding steroid dienone is 8. The van der Waals surface area contributed by atoms with Crippen molar-refractivity contribution in [1.29, 1.82) is 0 Å². The van der Waals surface area contributed by atoms with Crippen LogP contribution < -0.4 is 0 Å². The van der Waals surface area contributed by atoms with Crippen molar-refractivity contribution in [2.24, 2.45) is 0 Å². The van der Waals surface area contributed by atoms with Crippen molar-refractivity contribution in [3.63, 3.8) is 0 Å². The summed E-state index contributed by atoms with van der Waals surface area (Å²) in [5, 5.41) is 8.51. The predicted octanol–water partition coefficient (Wildman–Crippen LogP) is 6.22. The van der Waals surface area contributed by atoms with Crippen LogP contribution in [0, 0.1) is 0 Å². The standard InChI is InChI=1S/C20H32O2/c1-2-3-4-5-6-7-8-9-10-11-12-13-14-15-16-17-18-19-20(21)22/h3-4,6-7,9-10,12-13H,2,5,8,11,14-19H2,1H3,(H,21,22)/b4-3+,7-6+,10-9+,13-12+. The highest BCUT2D eigenvalue weighted by Crippen LogP contribution is 2.06. The normalized spacial score (nSPS) is 12.4. The maximum absolute atomic E-state index is 10.3. The second-order valence-corrected chi connectivity index (χ2v) is 5.35. The van der Waals surface area contributed by atoms with Crippen LogP contribution in [0.25, 0.3) is 0 Å². The van der Waals surface area contributed by atoms with Gasteiger partial charge in [0.2, 0.25) is 0 Å². The zero-order valence-corrected chi connectivity index (χ0v) is 14.0. The summed E-state index contributed by atoms with van der Waals surface area (Å²) in [7, 11) is 0. The van der Waals surface area contributed by atoms with Crippen LogP contribution in [0.2, 0.25) is 0 Å². The van der Waals surface area contributed by atoms with Crippen molar-refractivity contribution >= 4 is 5.97 Å². The van der Waals surface area contributed by atoms with Gasteiger partial charge in [0.1, 0.15) is 0 Å². The predicted molar refractivity (Wildman–Crippen MR) is 96.0 cm³/mol. The van der Waals surface area contributed by atoms with Gasteiger partial charge in [0.05, 0.1) is 0 Å². The van der Waals surface area contributed by atoms with Gasteiger partial charge < -0.3 is 5.11 Å². The van der Waals surface area contributed by atoms with Crippen LogP contribution in [-0.4, -0.2) is 11.1 Å². The second kappa shape index (κ2) is 17.5. The van der Waals surface area contributed by atoms with Gasteiger partial charge in [-0.05, 0) is 44.9 Å². The maximum atomic E-state index is 10.3. The van der Waals surface area contributed by atoms with E-state index >= 15 is 0 Å². The first-order valence-corrected chi connectivity index (χ1v) is 8.59. The molecule has 0 aromatic rings. The van der Waals surface area contributed by atoms with Gasteiger partial charge in [-0.25, -0.2) is 0 Å². The van der Waals surface area contributed by atoms with Crippen molar-refractivity contribution in [2.45, 2.75) is 71.1 Å². The Labute approximate surface area is 136 Å². The number of unbranched alkanes of at least 4 members (excludes halogenated alkanes) is 4.